The number of anilines is 1. The predicted octanol–water partition coefficient (Wildman–Crippen LogP) is 3.48. The third-order valence-electron chi connectivity index (χ3n) is 5.54. The van der Waals surface area contributed by atoms with Crippen molar-refractivity contribution >= 4 is 34.7 Å². The molecule has 0 unspecified atom stereocenters. The molecule has 0 spiro atoms. The summed E-state index contributed by atoms with van der Waals surface area (Å²) in [5, 5.41) is 3.81. The highest BCUT2D eigenvalue weighted by Gasteiger charge is 2.39. The van der Waals surface area contributed by atoms with Gasteiger partial charge in [-0.2, -0.15) is 0 Å². The van der Waals surface area contributed by atoms with Crippen LogP contribution in [0.15, 0.2) is 48.2 Å². The Morgan fingerprint density at radius 2 is 1.58 bits per heavy atom. The first kappa shape index (κ1) is 21.6. The maximum Gasteiger partial charge on any atom is 0.278 e. The van der Waals surface area contributed by atoms with E-state index >= 15 is 0 Å². The van der Waals surface area contributed by atoms with Crippen molar-refractivity contribution in [1.82, 2.24) is 9.80 Å². The summed E-state index contributed by atoms with van der Waals surface area (Å²) in [5.41, 5.74) is 4.30. The molecule has 2 aromatic carbocycles. The van der Waals surface area contributed by atoms with Gasteiger partial charge < -0.3 is 10.1 Å². The lowest BCUT2D eigenvalue weighted by Gasteiger charge is -2.28. The maximum atomic E-state index is 13.3. The summed E-state index contributed by atoms with van der Waals surface area (Å²) in [6, 6.07) is 13.0. The molecule has 7 heteroatoms. The molecule has 6 nitrogen and oxygen atoms in total. The van der Waals surface area contributed by atoms with Crippen LogP contribution in [0.25, 0.3) is 5.57 Å². The van der Waals surface area contributed by atoms with E-state index in [1.165, 1.54) is 4.90 Å². The number of ether oxygens (including phenoxy) is 1. The zero-order valence-electron chi connectivity index (χ0n) is 17.8. The number of nitrogens with one attached hydrogen (secondary N) is 1. The van der Waals surface area contributed by atoms with E-state index in [2.05, 4.69) is 16.3 Å². The van der Waals surface area contributed by atoms with Crippen molar-refractivity contribution < 1.29 is 14.3 Å². The van der Waals surface area contributed by atoms with Crippen molar-refractivity contribution in [2.24, 2.45) is 0 Å². The second-order valence-corrected chi connectivity index (χ2v) is 8.41. The fraction of sp³-hybridized carbons (Fsp3) is 0.333. The quantitative estimate of drug-likeness (QED) is 0.698. The number of carbonyl (C=O) groups excluding carboxylic acids is 2. The molecular formula is C24H26ClN3O3. The minimum Gasteiger partial charge on any atom is -0.379 e. The first-order chi connectivity index (χ1) is 14.9. The van der Waals surface area contributed by atoms with Crippen molar-refractivity contribution in [1.29, 1.82) is 0 Å². The highest BCUT2D eigenvalue weighted by Crippen LogP contribution is 2.31. The summed E-state index contributed by atoms with van der Waals surface area (Å²) in [6.07, 6.45) is 0. The van der Waals surface area contributed by atoms with Gasteiger partial charge in [-0.05, 0) is 54.8 Å². The fourth-order valence-electron chi connectivity index (χ4n) is 4.04. The number of carbonyl (C=O) groups is 2. The summed E-state index contributed by atoms with van der Waals surface area (Å²) in [6.45, 7) is 7.94. The van der Waals surface area contributed by atoms with Crippen LogP contribution in [0, 0.1) is 13.8 Å². The molecule has 1 N–H and O–H groups in total. The second-order valence-electron chi connectivity index (χ2n) is 7.97. The van der Waals surface area contributed by atoms with Gasteiger partial charge in [-0.25, -0.2) is 0 Å². The zero-order valence-corrected chi connectivity index (χ0v) is 18.5. The number of hydrogen-bond donors (Lipinski definition) is 1. The Balaban J connectivity index is 1.64. The molecule has 2 aromatic rings. The average molecular weight is 440 g/mol. The molecule has 1 saturated heterocycles. The van der Waals surface area contributed by atoms with Gasteiger partial charge in [-0.3, -0.25) is 19.4 Å². The normalized spacial score (nSPS) is 17.6. The van der Waals surface area contributed by atoms with E-state index in [4.69, 9.17) is 16.3 Å². The minimum atomic E-state index is -0.303. The molecule has 1 fully saturated rings. The average Bonchev–Trinajstić information content (AvgIpc) is 2.96. The van der Waals surface area contributed by atoms with Gasteiger partial charge in [-0.15, -0.1) is 0 Å². The molecule has 0 aliphatic carbocycles. The van der Waals surface area contributed by atoms with Gasteiger partial charge in [0.25, 0.3) is 11.8 Å². The van der Waals surface area contributed by atoms with Gasteiger partial charge in [0.05, 0.1) is 18.8 Å². The van der Waals surface area contributed by atoms with Crippen LogP contribution in [0.4, 0.5) is 5.69 Å². The fourth-order valence-corrected chi connectivity index (χ4v) is 4.16. The van der Waals surface area contributed by atoms with Crippen molar-refractivity contribution in [2.75, 3.05) is 44.7 Å². The van der Waals surface area contributed by atoms with Crippen LogP contribution in [0.1, 0.15) is 16.7 Å². The second kappa shape index (κ2) is 9.22. The van der Waals surface area contributed by atoms with E-state index < -0.39 is 0 Å². The van der Waals surface area contributed by atoms with Crippen molar-refractivity contribution in [3.05, 3.63) is 69.9 Å². The molecule has 0 radical (unpaired) electrons. The predicted molar refractivity (Wildman–Crippen MR) is 122 cm³/mol. The molecule has 2 aliphatic heterocycles. The van der Waals surface area contributed by atoms with Gasteiger partial charge in [0.1, 0.15) is 5.70 Å². The monoisotopic (exact) mass is 439 g/mol. The largest absolute Gasteiger partial charge is 0.379 e. The van der Waals surface area contributed by atoms with Crippen LogP contribution < -0.4 is 5.32 Å². The molecule has 162 valence electrons. The highest BCUT2D eigenvalue weighted by atomic mass is 35.5. The smallest absolute Gasteiger partial charge is 0.278 e. The Labute approximate surface area is 187 Å². The van der Waals surface area contributed by atoms with Crippen LogP contribution in [-0.2, 0) is 14.3 Å². The van der Waals surface area contributed by atoms with E-state index in [0.717, 1.165) is 29.9 Å². The summed E-state index contributed by atoms with van der Waals surface area (Å²) in [5.74, 6) is -0.588. The maximum absolute atomic E-state index is 13.3. The van der Waals surface area contributed by atoms with E-state index in [1.54, 1.807) is 24.3 Å². The summed E-state index contributed by atoms with van der Waals surface area (Å²) in [4.78, 5) is 30.2. The molecule has 0 bridgehead atoms. The van der Waals surface area contributed by atoms with Gasteiger partial charge in [0.15, 0.2) is 0 Å². The van der Waals surface area contributed by atoms with Gasteiger partial charge in [0.2, 0.25) is 0 Å². The van der Waals surface area contributed by atoms with E-state index in [1.807, 2.05) is 26.0 Å². The summed E-state index contributed by atoms with van der Waals surface area (Å²) < 4.78 is 5.38. The summed E-state index contributed by atoms with van der Waals surface area (Å²) in [7, 11) is 0. The standard InChI is InChI=1S/C24H26ClN3O3/c1-16-13-17(2)15-20(14-16)26-22-21(18-3-5-19(25)6-4-18)23(29)28(24(22)30)8-7-27-9-11-31-12-10-27/h3-6,13-15,26H,7-12H2,1-2H3. The van der Waals surface area contributed by atoms with Crippen molar-refractivity contribution in [2.45, 2.75) is 13.8 Å². The third kappa shape index (κ3) is 4.82. The summed E-state index contributed by atoms with van der Waals surface area (Å²) >= 11 is 6.04. The van der Waals surface area contributed by atoms with Crippen LogP contribution in [-0.4, -0.2) is 61.0 Å². The number of benzene rings is 2. The molecule has 0 atom stereocenters. The number of rotatable bonds is 6. The van der Waals surface area contributed by atoms with Gasteiger partial charge in [-0.1, -0.05) is 29.8 Å². The van der Waals surface area contributed by atoms with Gasteiger partial charge in [0, 0.05) is 36.9 Å². The number of amides is 2. The van der Waals surface area contributed by atoms with Crippen LogP contribution in [0.3, 0.4) is 0 Å². The third-order valence-corrected chi connectivity index (χ3v) is 5.79. The Bertz CT molecular complexity index is 1010. The molecule has 0 aromatic heterocycles. The minimum absolute atomic E-state index is 0.285. The molecule has 4 rings (SSSR count). The lowest BCUT2D eigenvalue weighted by Crippen LogP contribution is -2.43. The first-order valence-corrected chi connectivity index (χ1v) is 10.8. The number of morpholine rings is 1. The molecule has 0 saturated carbocycles. The van der Waals surface area contributed by atoms with Crippen LogP contribution >= 0.6 is 11.6 Å². The van der Waals surface area contributed by atoms with Crippen molar-refractivity contribution in [3.8, 4) is 0 Å². The van der Waals surface area contributed by atoms with Crippen LogP contribution in [0.2, 0.25) is 5.02 Å². The number of halogens is 1. The lowest BCUT2D eigenvalue weighted by atomic mass is 10.0. The Morgan fingerprint density at radius 3 is 2.23 bits per heavy atom. The Morgan fingerprint density at radius 1 is 0.935 bits per heavy atom. The Kier molecular flexibility index (Phi) is 6.41. The van der Waals surface area contributed by atoms with Crippen molar-refractivity contribution in [3.63, 3.8) is 0 Å². The topological polar surface area (TPSA) is 61.9 Å². The highest BCUT2D eigenvalue weighted by molar-refractivity contribution is 6.36. The molecule has 31 heavy (non-hydrogen) atoms. The number of imide groups is 1. The molecule has 2 heterocycles. The molecular weight excluding hydrogens is 414 g/mol. The lowest BCUT2D eigenvalue weighted by molar-refractivity contribution is -0.137. The Hall–Kier alpha value is -2.67. The van der Waals surface area contributed by atoms with E-state index in [-0.39, 0.29) is 11.8 Å². The van der Waals surface area contributed by atoms with Gasteiger partial charge >= 0.3 is 0 Å². The number of hydrogen-bond acceptors (Lipinski definition) is 5. The number of nitrogens with zero attached hydrogens (tertiary/aromatic N) is 2. The SMILES string of the molecule is Cc1cc(C)cc(NC2=C(c3ccc(Cl)cc3)C(=O)N(CCN3CCOCC3)C2=O)c1. The molecule has 2 aliphatic rings. The zero-order chi connectivity index (χ0) is 22.0. The number of aryl methyl sites for hydroxylation is 2. The van der Waals surface area contributed by atoms with Crippen LogP contribution in [0.5, 0.6) is 0 Å². The first-order valence-electron chi connectivity index (χ1n) is 10.4. The van der Waals surface area contributed by atoms with E-state index in [0.29, 0.717) is 48.2 Å². The van der Waals surface area contributed by atoms with E-state index in [9.17, 15) is 9.59 Å². The molecule has 2 amide bonds.